The molecule has 1 aromatic heterocycles. The van der Waals surface area contributed by atoms with Crippen molar-refractivity contribution in [2.75, 3.05) is 0 Å². The van der Waals surface area contributed by atoms with Gasteiger partial charge in [0, 0.05) is 30.6 Å². The van der Waals surface area contributed by atoms with Crippen LogP contribution in [0.5, 0.6) is 0 Å². The molecule has 1 aromatic rings. The average molecular weight is 177 g/mol. The molecule has 0 N–H and O–H groups in total. The Labute approximate surface area is 78.5 Å². The average Bonchev–Trinajstić information content (AvgIpc) is 2.11. The van der Waals surface area contributed by atoms with Gasteiger partial charge in [0.25, 0.3) is 0 Å². The maximum Gasteiger partial charge on any atom is 0.184 e. The third-order valence-electron chi connectivity index (χ3n) is 2.07. The van der Waals surface area contributed by atoms with Gasteiger partial charge in [-0.3, -0.25) is 4.79 Å². The Morgan fingerprint density at radius 1 is 1.62 bits per heavy atom. The lowest BCUT2D eigenvalue weighted by atomic mass is 10.2. The van der Waals surface area contributed by atoms with Crippen LogP contribution in [0.25, 0.3) is 0 Å². The van der Waals surface area contributed by atoms with Crippen molar-refractivity contribution in [1.82, 2.24) is 4.57 Å². The Balaban J connectivity index is 2.86. The van der Waals surface area contributed by atoms with Crippen LogP contribution in [0.3, 0.4) is 0 Å². The highest BCUT2D eigenvalue weighted by atomic mass is 16.1. The summed E-state index contributed by atoms with van der Waals surface area (Å²) >= 11 is 0. The Morgan fingerprint density at radius 2 is 2.31 bits per heavy atom. The molecule has 0 unspecified atom stereocenters. The van der Waals surface area contributed by atoms with Crippen LogP contribution in [0.1, 0.15) is 18.9 Å². The molecule has 0 spiro atoms. The van der Waals surface area contributed by atoms with Crippen LogP contribution >= 0.6 is 0 Å². The van der Waals surface area contributed by atoms with Crippen molar-refractivity contribution in [1.29, 1.82) is 0 Å². The number of rotatable bonds is 3. The lowest BCUT2D eigenvalue weighted by Gasteiger charge is -2.07. The summed E-state index contributed by atoms with van der Waals surface area (Å²) in [6.45, 7) is 8.63. The minimum Gasteiger partial charge on any atom is -0.350 e. The van der Waals surface area contributed by atoms with Crippen LogP contribution in [0, 0.1) is 6.92 Å². The van der Waals surface area contributed by atoms with Crippen molar-refractivity contribution < 1.29 is 0 Å². The van der Waals surface area contributed by atoms with Crippen LogP contribution in [0.4, 0.5) is 0 Å². The van der Waals surface area contributed by atoms with E-state index in [4.69, 9.17) is 0 Å². The van der Waals surface area contributed by atoms with Crippen molar-refractivity contribution in [3.8, 4) is 0 Å². The molecule has 0 fully saturated rings. The molecule has 0 aliphatic carbocycles. The number of aromatic nitrogens is 1. The predicted molar refractivity (Wildman–Crippen MR) is 54.9 cm³/mol. The number of nitrogens with zero attached hydrogens (tertiary/aromatic N) is 1. The summed E-state index contributed by atoms with van der Waals surface area (Å²) in [6, 6.07) is 1.60. The molecule has 0 saturated carbocycles. The first kappa shape index (κ1) is 9.78. The minimum atomic E-state index is 0.0957. The van der Waals surface area contributed by atoms with E-state index in [9.17, 15) is 4.79 Å². The van der Waals surface area contributed by atoms with Gasteiger partial charge in [-0.15, -0.1) is 0 Å². The van der Waals surface area contributed by atoms with Crippen LogP contribution in [0.15, 0.2) is 35.4 Å². The monoisotopic (exact) mass is 177 g/mol. The Kier molecular flexibility index (Phi) is 3.07. The van der Waals surface area contributed by atoms with Crippen LogP contribution in [-0.2, 0) is 6.54 Å². The zero-order chi connectivity index (χ0) is 9.84. The van der Waals surface area contributed by atoms with Crippen molar-refractivity contribution in [2.24, 2.45) is 0 Å². The quantitative estimate of drug-likeness (QED) is 0.648. The van der Waals surface area contributed by atoms with Gasteiger partial charge in [-0.2, -0.15) is 0 Å². The lowest BCUT2D eigenvalue weighted by molar-refractivity contribution is 0.747. The molecule has 1 heterocycles. The fraction of sp³-hybridized carbons (Fsp3) is 0.364. The van der Waals surface area contributed by atoms with Gasteiger partial charge < -0.3 is 4.57 Å². The highest BCUT2D eigenvalue weighted by molar-refractivity contribution is 5.09. The number of hydrogen-bond donors (Lipinski definition) is 0. The molecule has 0 aliphatic heterocycles. The Morgan fingerprint density at radius 3 is 2.85 bits per heavy atom. The summed E-state index contributed by atoms with van der Waals surface area (Å²) in [5.41, 5.74) is 2.05. The second-order valence-corrected chi connectivity index (χ2v) is 3.27. The molecule has 0 atom stereocenters. The summed E-state index contributed by atoms with van der Waals surface area (Å²) in [7, 11) is 0. The molecule has 0 amide bonds. The van der Waals surface area contributed by atoms with E-state index in [-0.39, 0.29) is 5.43 Å². The van der Waals surface area contributed by atoms with Crippen LogP contribution in [-0.4, -0.2) is 4.57 Å². The topological polar surface area (TPSA) is 22.0 Å². The fourth-order valence-corrected chi connectivity index (χ4v) is 1.12. The van der Waals surface area contributed by atoms with Crippen molar-refractivity contribution in [2.45, 2.75) is 26.8 Å². The van der Waals surface area contributed by atoms with Gasteiger partial charge in [0.2, 0.25) is 0 Å². The molecule has 13 heavy (non-hydrogen) atoms. The van der Waals surface area contributed by atoms with E-state index in [2.05, 4.69) is 13.5 Å². The highest BCUT2D eigenvalue weighted by Gasteiger charge is 1.95. The molecule has 0 saturated heterocycles. The Hall–Kier alpha value is -1.31. The molecular formula is C11H15NO. The molecule has 0 aliphatic rings. The van der Waals surface area contributed by atoms with Gasteiger partial charge in [-0.1, -0.05) is 19.1 Å². The smallest absolute Gasteiger partial charge is 0.184 e. The van der Waals surface area contributed by atoms with E-state index in [1.165, 1.54) is 5.57 Å². The van der Waals surface area contributed by atoms with E-state index in [0.29, 0.717) is 0 Å². The summed E-state index contributed by atoms with van der Waals surface area (Å²) < 4.78 is 1.99. The van der Waals surface area contributed by atoms with E-state index in [1.54, 1.807) is 12.3 Å². The van der Waals surface area contributed by atoms with E-state index < -0.39 is 0 Å². The normalized spacial score (nSPS) is 10.0. The molecule has 0 bridgehead atoms. The van der Waals surface area contributed by atoms with Crippen molar-refractivity contribution >= 4 is 0 Å². The standard InChI is InChI=1S/C11H15NO/c1-4-9(2)7-12-6-5-11(13)10(3)8-12/h5-6,8H,2,4,7H2,1,3H3. The maximum absolute atomic E-state index is 11.1. The third-order valence-corrected chi connectivity index (χ3v) is 2.07. The largest absolute Gasteiger partial charge is 0.350 e. The zero-order valence-electron chi connectivity index (χ0n) is 8.21. The van der Waals surface area contributed by atoms with Crippen LogP contribution < -0.4 is 5.43 Å². The van der Waals surface area contributed by atoms with Gasteiger partial charge in [0.15, 0.2) is 5.43 Å². The van der Waals surface area contributed by atoms with E-state index in [0.717, 1.165) is 18.5 Å². The SMILES string of the molecule is C=C(CC)Cn1ccc(=O)c(C)c1. The summed E-state index contributed by atoms with van der Waals surface area (Å²) in [4.78, 5) is 11.1. The first-order valence-corrected chi connectivity index (χ1v) is 4.47. The second-order valence-electron chi connectivity index (χ2n) is 3.27. The third kappa shape index (κ3) is 2.58. The molecule has 70 valence electrons. The van der Waals surface area contributed by atoms with Gasteiger partial charge in [0.05, 0.1) is 0 Å². The van der Waals surface area contributed by atoms with Crippen molar-refractivity contribution in [3.63, 3.8) is 0 Å². The van der Waals surface area contributed by atoms with Crippen LogP contribution in [0.2, 0.25) is 0 Å². The lowest BCUT2D eigenvalue weighted by Crippen LogP contribution is -2.09. The van der Waals surface area contributed by atoms with Gasteiger partial charge >= 0.3 is 0 Å². The predicted octanol–water partition coefficient (Wildman–Crippen LogP) is 2.12. The highest BCUT2D eigenvalue weighted by Crippen LogP contribution is 2.01. The first-order chi connectivity index (χ1) is 6.13. The van der Waals surface area contributed by atoms with E-state index in [1.807, 2.05) is 17.7 Å². The number of aryl methyl sites for hydroxylation is 1. The van der Waals surface area contributed by atoms with Gasteiger partial charge in [0.1, 0.15) is 0 Å². The van der Waals surface area contributed by atoms with Crippen molar-refractivity contribution in [3.05, 3.63) is 46.4 Å². The molecule has 2 nitrogen and oxygen atoms in total. The first-order valence-electron chi connectivity index (χ1n) is 4.47. The number of pyridine rings is 1. The van der Waals surface area contributed by atoms with E-state index >= 15 is 0 Å². The molecule has 0 radical (unpaired) electrons. The minimum absolute atomic E-state index is 0.0957. The Bertz CT molecular complexity index is 363. The molecule has 2 heteroatoms. The fourth-order valence-electron chi connectivity index (χ4n) is 1.12. The molecular weight excluding hydrogens is 162 g/mol. The summed E-state index contributed by atoms with van der Waals surface area (Å²) in [5, 5.41) is 0. The van der Waals surface area contributed by atoms with Gasteiger partial charge in [-0.05, 0) is 13.3 Å². The number of allylic oxidation sites excluding steroid dienone is 1. The summed E-state index contributed by atoms with van der Waals surface area (Å²) in [6.07, 6.45) is 4.64. The summed E-state index contributed by atoms with van der Waals surface area (Å²) in [5.74, 6) is 0. The van der Waals surface area contributed by atoms with Gasteiger partial charge in [-0.25, -0.2) is 0 Å². The zero-order valence-corrected chi connectivity index (χ0v) is 8.21. The number of hydrogen-bond acceptors (Lipinski definition) is 1. The molecule has 1 rings (SSSR count). The maximum atomic E-state index is 11.1. The molecule has 0 aromatic carbocycles. The second kappa shape index (κ2) is 4.08.